The van der Waals surface area contributed by atoms with Crippen molar-refractivity contribution in [3.05, 3.63) is 42.4 Å². The van der Waals surface area contributed by atoms with Crippen LogP contribution in [0.1, 0.15) is 25.6 Å². The van der Waals surface area contributed by atoms with E-state index in [1.807, 2.05) is 60.0 Å². The normalized spacial score (nSPS) is 15.2. The fourth-order valence-corrected chi connectivity index (χ4v) is 3.60. The Morgan fingerprint density at radius 3 is 2.67 bits per heavy atom. The van der Waals surface area contributed by atoms with E-state index in [-0.39, 0.29) is 5.91 Å². The fraction of sp³-hybridized carbons (Fsp3) is 0.400. The lowest BCUT2D eigenvalue weighted by Crippen LogP contribution is -2.35. The zero-order valence-corrected chi connectivity index (χ0v) is 15.8. The van der Waals surface area contributed by atoms with Crippen LogP contribution in [0.3, 0.4) is 0 Å². The first-order chi connectivity index (χ1) is 13.2. The number of anilines is 1. The quantitative estimate of drug-likeness (QED) is 0.715. The highest BCUT2D eigenvalue weighted by Gasteiger charge is 2.22. The molecule has 1 aliphatic rings. The molecular formula is C20H24N6O. The number of amides is 1. The van der Waals surface area contributed by atoms with Gasteiger partial charge >= 0.3 is 0 Å². The lowest BCUT2D eigenvalue weighted by molar-refractivity contribution is -0.130. The van der Waals surface area contributed by atoms with Crippen molar-refractivity contribution in [3.8, 4) is 5.69 Å². The zero-order valence-electron chi connectivity index (χ0n) is 15.8. The molecule has 1 amide bonds. The van der Waals surface area contributed by atoms with Gasteiger partial charge in [-0.15, -0.1) is 0 Å². The summed E-state index contributed by atoms with van der Waals surface area (Å²) in [6, 6.07) is 10.0. The van der Waals surface area contributed by atoms with Gasteiger partial charge in [0.2, 0.25) is 5.91 Å². The highest BCUT2D eigenvalue weighted by atomic mass is 16.2. The van der Waals surface area contributed by atoms with E-state index in [9.17, 15) is 4.79 Å². The monoisotopic (exact) mass is 364 g/mol. The summed E-state index contributed by atoms with van der Waals surface area (Å²) in [6.45, 7) is 7.00. The molecule has 0 radical (unpaired) electrons. The smallest absolute Gasteiger partial charge is 0.222 e. The summed E-state index contributed by atoms with van der Waals surface area (Å²) in [5.41, 5.74) is 1.79. The largest absolute Gasteiger partial charge is 0.354 e. The van der Waals surface area contributed by atoms with Gasteiger partial charge in [0.1, 0.15) is 11.6 Å². The van der Waals surface area contributed by atoms with Crippen LogP contribution in [0.15, 0.2) is 36.5 Å². The van der Waals surface area contributed by atoms with Gasteiger partial charge in [0, 0.05) is 32.6 Å². The van der Waals surface area contributed by atoms with Crippen molar-refractivity contribution < 1.29 is 4.79 Å². The number of aryl methyl sites for hydroxylation is 1. The minimum atomic E-state index is 0.220. The van der Waals surface area contributed by atoms with E-state index in [4.69, 9.17) is 4.98 Å². The number of rotatable bonds is 3. The van der Waals surface area contributed by atoms with E-state index in [2.05, 4.69) is 15.0 Å². The molecule has 1 aromatic carbocycles. The third kappa shape index (κ3) is 3.37. The first kappa shape index (κ1) is 17.5. The molecule has 7 nitrogen and oxygen atoms in total. The van der Waals surface area contributed by atoms with Gasteiger partial charge in [-0.1, -0.05) is 25.1 Å². The molecular weight excluding hydrogens is 340 g/mol. The Labute approximate surface area is 158 Å². The first-order valence-electron chi connectivity index (χ1n) is 9.48. The number of benzene rings is 1. The molecule has 0 bridgehead atoms. The van der Waals surface area contributed by atoms with Crippen molar-refractivity contribution in [1.82, 2.24) is 24.6 Å². The molecule has 1 aliphatic heterocycles. The number of hydrogen-bond donors (Lipinski definition) is 0. The van der Waals surface area contributed by atoms with Crippen molar-refractivity contribution >= 4 is 22.8 Å². The highest BCUT2D eigenvalue weighted by Crippen LogP contribution is 2.26. The average molecular weight is 364 g/mol. The topological polar surface area (TPSA) is 67.2 Å². The molecule has 27 heavy (non-hydrogen) atoms. The van der Waals surface area contributed by atoms with E-state index in [1.54, 1.807) is 0 Å². The van der Waals surface area contributed by atoms with Crippen LogP contribution in [0, 0.1) is 6.92 Å². The average Bonchev–Trinajstić information content (AvgIpc) is 2.96. The third-order valence-corrected chi connectivity index (χ3v) is 4.97. The summed E-state index contributed by atoms with van der Waals surface area (Å²) >= 11 is 0. The van der Waals surface area contributed by atoms with Crippen molar-refractivity contribution in [2.75, 3.05) is 31.1 Å². The van der Waals surface area contributed by atoms with Gasteiger partial charge < -0.3 is 9.80 Å². The van der Waals surface area contributed by atoms with Gasteiger partial charge in [-0.05, 0) is 25.5 Å². The van der Waals surface area contributed by atoms with Gasteiger partial charge in [-0.25, -0.2) is 14.6 Å². The SMILES string of the molecule is CCC(=O)N1CCCN(c2nc(C)nc3c2cnn3-c2ccccc2)CC1. The summed E-state index contributed by atoms with van der Waals surface area (Å²) in [7, 11) is 0. The van der Waals surface area contributed by atoms with Crippen LogP contribution < -0.4 is 4.90 Å². The summed E-state index contributed by atoms with van der Waals surface area (Å²) < 4.78 is 1.86. The van der Waals surface area contributed by atoms with Crippen LogP contribution >= 0.6 is 0 Å². The minimum absolute atomic E-state index is 0.220. The lowest BCUT2D eigenvalue weighted by atomic mass is 10.3. The van der Waals surface area contributed by atoms with Gasteiger partial charge in [0.25, 0.3) is 0 Å². The predicted octanol–water partition coefficient (Wildman–Crippen LogP) is 2.57. The number of nitrogens with zero attached hydrogens (tertiary/aromatic N) is 6. The van der Waals surface area contributed by atoms with E-state index in [0.717, 1.165) is 61.0 Å². The maximum absolute atomic E-state index is 12.1. The second-order valence-corrected chi connectivity index (χ2v) is 6.80. The summed E-state index contributed by atoms with van der Waals surface area (Å²) in [4.78, 5) is 25.6. The van der Waals surface area contributed by atoms with E-state index < -0.39 is 0 Å². The molecule has 0 aliphatic carbocycles. The van der Waals surface area contributed by atoms with Gasteiger partial charge in [-0.3, -0.25) is 4.79 Å². The summed E-state index contributed by atoms with van der Waals surface area (Å²) in [5.74, 6) is 1.85. The van der Waals surface area contributed by atoms with E-state index in [1.165, 1.54) is 0 Å². The molecule has 3 heterocycles. The second-order valence-electron chi connectivity index (χ2n) is 6.80. The molecule has 1 saturated heterocycles. The van der Waals surface area contributed by atoms with Crippen LogP contribution in [0.25, 0.3) is 16.7 Å². The maximum atomic E-state index is 12.1. The Morgan fingerprint density at radius 2 is 1.89 bits per heavy atom. The first-order valence-corrected chi connectivity index (χ1v) is 9.48. The number of carbonyl (C=O) groups excluding carboxylic acids is 1. The molecule has 1 fully saturated rings. The number of para-hydroxylation sites is 1. The molecule has 0 unspecified atom stereocenters. The molecule has 140 valence electrons. The maximum Gasteiger partial charge on any atom is 0.222 e. The van der Waals surface area contributed by atoms with Crippen molar-refractivity contribution in [1.29, 1.82) is 0 Å². The van der Waals surface area contributed by atoms with E-state index in [0.29, 0.717) is 6.42 Å². The third-order valence-electron chi connectivity index (χ3n) is 4.97. The Kier molecular flexibility index (Phi) is 4.75. The predicted molar refractivity (Wildman–Crippen MR) is 105 cm³/mol. The van der Waals surface area contributed by atoms with Crippen LogP contribution in [0.5, 0.6) is 0 Å². The Morgan fingerprint density at radius 1 is 1.07 bits per heavy atom. The molecule has 3 aromatic rings. The molecule has 0 saturated carbocycles. The highest BCUT2D eigenvalue weighted by molar-refractivity contribution is 5.88. The Hall–Kier alpha value is -2.96. The molecule has 0 spiro atoms. The van der Waals surface area contributed by atoms with Crippen molar-refractivity contribution in [3.63, 3.8) is 0 Å². The molecule has 7 heteroatoms. The lowest BCUT2D eigenvalue weighted by Gasteiger charge is -2.23. The molecule has 2 aromatic heterocycles. The number of fused-ring (bicyclic) bond motifs is 1. The molecule has 0 atom stereocenters. The molecule has 4 rings (SSSR count). The van der Waals surface area contributed by atoms with Gasteiger partial charge in [0.15, 0.2) is 5.65 Å². The summed E-state index contributed by atoms with van der Waals surface area (Å²) in [6.07, 6.45) is 3.33. The van der Waals surface area contributed by atoms with Crippen LogP contribution in [0.4, 0.5) is 5.82 Å². The minimum Gasteiger partial charge on any atom is -0.354 e. The number of hydrogen-bond acceptors (Lipinski definition) is 5. The zero-order chi connectivity index (χ0) is 18.8. The van der Waals surface area contributed by atoms with Crippen LogP contribution in [-0.4, -0.2) is 56.7 Å². The second kappa shape index (κ2) is 7.34. The Bertz CT molecular complexity index is 952. The van der Waals surface area contributed by atoms with Crippen molar-refractivity contribution in [2.45, 2.75) is 26.7 Å². The van der Waals surface area contributed by atoms with Gasteiger partial charge in [-0.2, -0.15) is 5.10 Å². The standard InChI is InChI=1S/C20H24N6O/c1-3-18(27)24-10-7-11-25(13-12-24)19-17-14-21-26(16-8-5-4-6-9-16)20(17)23-15(2)22-19/h4-6,8-9,14H,3,7,10-13H2,1-2H3. The molecule has 0 N–H and O–H groups in total. The summed E-state index contributed by atoms with van der Waals surface area (Å²) in [5, 5.41) is 5.51. The Balaban J connectivity index is 1.70. The van der Waals surface area contributed by atoms with E-state index >= 15 is 0 Å². The van der Waals surface area contributed by atoms with Crippen LogP contribution in [0.2, 0.25) is 0 Å². The van der Waals surface area contributed by atoms with Gasteiger partial charge in [0.05, 0.1) is 17.3 Å². The number of carbonyl (C=O) groups is 1. The fourth-order valence-electron chi connectivity index (χ4n) is 3.60. The number of aromatic nitrogens is 4. The van der Waals surface area contributed by atoms with Crippen molar-refractivity contribution in [2.24, 2.45) is 0 Å². The van der Waals surface area contributed by atoms with Crippen LogP contribution in [-0.2, 0) is 4.79 Å².